The molecule has 2 aromatic rings. The summed E-state index contributed by atoms with van der Waals surface area (Å²) in [4.78, 5) is 13.7. The Kier molecular flexibility index (Phi) is 6.86. The van der Waals surface area contributed by atoms with Crippen molar-refractivity contribution >= 4 is 6.09 Å². The van der Waals surface area contributed by atoms with Crippen LogP contribution in [0.2, 0.25) is 0 Å². The molecule has 1 aromatic heterocycles. The molecule has 0 spiro atoms. The number of nitriles is 1. The van der Waals surface area contributed by atoms with Gasteiger partial charge in [-0.25, -0.2) is 9.18 Å². The van der Waals surface area contributed by atoms with Crippen molar-refractivity contribution in [3.8, 4) is 11.9 Å². The van der Waals surface area contributed by atoms with Crippen molar-refractivity contribution in [1.82, 2.24) is 14.7 Å². The van der Waals surface area contributed by atoms with E-state index >= 15 is 0 Å². The van der Waals surface area contributed by atoms with E-state index in [1.165, 1.54) is 21.7 Å². The van der Waals surface area contributed by atoms with Crippen molar-refractivity contribution in [1.29, 1.82) is 5.26 Å². The highest BCUT2D eigenvalue weighted by atomic mass is 19.4. The molecule has 1 fully saturated rings. The first-order valence-corrected chi connectivity index (χ1v) is 10.3. The van der Waals surface area contributed by atoms with E-state index in [-0.39, 0.29) is 17.2 Å². The summed E-state index contributed by atoms with van der Waals surface area (Å²) in [6.45, 7) is 5.41. The second kappa shape index (κ2) is 9.29. The highest BCUT2D eigenvalue weighted by molar-refractivity contribution is 5.68. The number of nitrogens with zero attached hydrogens (tertiary/aromatic N) is 4. The number of ether oxygens (including phenoxy) is 2. The smallest absolute Gasteiger partial charge is 0.423 e. The van der Waals surface area contributed by atoms with E-state index in [0.717, 1.165) is 12.3 Å². The van der Waals surface area contributed by atoms with Crippen LogP contribution in [0.1, 0.15) is 56.3 Å². The predicted octanol–water partition coefficient (Wildman–Crippen LogP) is 5.06. The zero-order chi connectivity index (χ0) is 24.4. The van der Waals surface area contributed by atoms with Gasteiger partial charge in [0.1, 0.15) is 23.6 Å². The molecular weight excluding hydrogens is 444 g/mol. The van der Waals surface area contributed by atoms with Crippen LogP contribution in [0.25, 0.3) is 0 Å². The van der Waals surface area contributed by atoms with Gasteiger partial charge in [0.2, 0.25) is 5.88 Å². The summed E-state index contributed by atoms with van der Waals surface area (Å²) in [5, 5.41) is 12.8. The van der Waals surface area contributed by atoms with Crippen molar-refractivity contribution < 1.29 is 31.8 Å². The summed E-state index contributed by atoms with van der Waals surface area (Å²) < 4.78 is 66.4. The van der Waals surface area contributed by atoms with E-state index in [1.54, 1.807) is 26.8 Å². The van der Waals surface area contributed by atoms with E-state index in [0.29, 0.717) is 25.9 Å². The van der Waals surface area contributed by atoms with Gasteiger partial charge in [0, 0.05) is 24.8 Å². The van der Waals surface area contributed by atoms with E-state index in [1.807, 2.05) is 0 Å². The van der Waals surface area contributed by atoms with Crippen LogP contribution in [-0.2, 0) is 17.5 Å². The Morgan fingerprint density at radius 3 is 2.45 bits per heavy atom. The van der Waals surface area contributed by atoms with Crippen LogP contribution in [0.5, 0.6) is 5.88 Å². The molecule has 1 amide bonds. The maximum Gasteiger partial charge on any atom is 0.423 e. The fourth-order valence-electron chi connectivity index (χ4n) is 3.38. The zero-order valence-electron chi connectivity index (χ0n) is 18.4. The van der Waals surface area contributed by atoms with Gasteiger partial charge in [-0.2, -0.15) is 18.4 Å². The standard InChI is InChI=1S/C22H24F4N4O3/c1-21(2,3)33-20(31)29-8-6-16(7-9-29)30-12-17(22(24,25)26)19(28-30)32-13-15-5-4-14(11-27)10-18(15)23/h4-5,10,12,16H,6-9,13H2,1-3H3. The largest absolute Gasteiger partial charge is 0.471 e. The minimum atomic E-state index is -4.71. The SMILES string of the molecule is CC(C)(C)OC(=O)N1CCC(n2cc(C(F)(F)F)c(OCc3ccc(C#N)cc3F)n2)CC1. The quantitative estimate of drug-likeness (QED) is 0.586. The van der Waals surface area contributed by atoms with Gasteiger partial charge in [0.05, 0.1) is 17.7 Å². The Bertz CT molecular complexity index is 1050. The van der Waals surface area contributed by atoms with Crippen LogP contribution in [0.15, 0.2) is 24.4 Å². The summed E-state index contributed by atoms with van der Waals surface area (Å²) in [6, 6.07) is 5.03. The third-order valence-corrected chi connectivity index (χ3v) is 5.04. The van der Waals surface area contributed by atoms with Crippen LogP contribution in [0.3, 0.4) is 0 Å². The molecule has 1 aromatic carbocycles. The molecule has 7 nitrogen and oxygen atoms in total. The fourth-order valence-corrected chi connectivity index (χ4v) is 3.38. The van der Waals surface area contributed by atoms with Gasteiger partial charge < -0.3 is 14.4 Å². The second-order valence-corrected chi connectivity index (χ2v) is 8.73. The van der Waals surface area contributed by atoms with Crippen LogP contribution < -0.4 is 4.74 Å². The topological polar surface area (TPSA) is 80.4 Å². The molecule has 0 unspecified atom stereocenters. The number of rotatable bonds is 4. The van der Waals surface area contributed by atoms with Gasteiger partial charge in [-0.1, -0.05) is 6.07 Å². The number of hydrogen-bond donors (Lipinski definition) is 0. The van der Waals surface area contributed by atoms with Gasteiger partial charge in [-0.3, -0.25) is 4.68 Å². The Morgan fingerprint density at radius 1 is 1.24 bits per heavy atom. The molecule has 33 heavy (non-hydrogen) atoms. The lowest BCUT2D eigenvalue weighted by molar-refractivity contribution is -0.139. The molecule has 1 aliphatic heterocycles. The van der Waals surface area contributed by atoms with Gasteiger partial charge in [-0.15, -0.1) is 5.10 Å². The lowest BCUT2D eigenvalue weighted by atomic mass is 10.1. The molecule has 0 N–H and O–H groups in total. The van der Waals surface area contributed by atoms with Crippen molar-refractivity contribution in [2.24, 2.45) is 0 Å². The fraction of sp³-hybridized carbons (Fsp3) is 0.500. The van der Waals surface area contributed by atoms with Gasteiger partial charge in [0.25, 0.3) is 0 Å². The predicted molar refractivity (Wildman–Crippen MR) is 109 cm³/mol. The molecule has 1 saturated heterocycles. The summed E-state index contributed by atoms with van der Waals surface area (Å²) >= 11 is 0. The molecule has 2 heterocycles. The molecular formula is C22H24F4N4O3. The summed E-state index contributed by atoms with van der Waals surface area (Å²) in [5.74, 6) is -1.41. The lowest BCUT2D eigenvalue weighted by Crippen LogP contribution is -2.42. The van der Waals surface area contributed by atoms with E-state index in [9.17, 15) is 22.4 Å². The number of carbonyl (C=O) groups is 1. The number of benzene rings is 1. The van der Waals surface area contributed by atoms with E-state index in [4.69, 9.17) is 14.7 Å². The van der Waals surface area contributed by atoms with Crippen LogP contribution >= 0.6 is 0 Å². The highest BCUT2D eigenvalue weighted by Crippen LogP contribution is 2.37. The zero-order valence-corrected chi connectivity index (χ0v) is 18.4. The van der Waals surface area contributed by atoms with Crippen LogP contribution in [0.4, 0.5) is 22.4 Å². The molecule has 3 rings (SSSR count). The number of amides is 1. The maximum atomic E-state index is 14.1. The molecule has 1 aliphatic rings. The normalized spacial score (nSPS) is 15.3. The van der Waals surface area contributed by atoms with Gasteiger partial charge >= 0.3 is 12.3 Å². The molecule has 0 bridgehead atoms. The number of alkyl halides is 3. The first kappa shape index (κ1) is 24.4. The Balaban J connectivity index is 1.71. The minimum Gasteiger partial charge on any atom is -0.471 e. The third kappa shape index (κ3) is 6.15. The Labute approximate surface area is 188 Å². The lowest BCUT2D eigenvalue weighted by Gasteiger charge is -2.33. The Morgan fingerprint density at radius 2 is 1.91 bits per heavy atom. The summed E-state index contributed by atoms with van der Waals surface area (Å²) in [6.07, 6.45) is -3.53. The molecule has 11 heteroatoms. The highest BCUT2D eigenvalue weighted by Gasteiger charge is 2.38. The van der Waals surface area contributed by atoms with Gasteiger partial charge in [-0.05, 0) is 45.7 Å². The van der Waals surface area contributed by atoms with Crippen molar-refractivity contribution in [3.63, 3.8) is 0 Å². The summed E-state index contributed by atoms with van der Waals surface area (Å²) in [7, 11) is 0. The average molecular weight is 468 g/mol. The number of likely N-dealkylation sites (tertiary alicyclic amines) is 1. The second-order valence-electron chi connectivity index (χ2n) is 8.73. The first-order valence-electron chi connectivity index (χ1n) is 10.3. The average Bonchev–Trinajstić information content (AvgIpc) is 3.16. The van der Waals surface area contributed by atoms with Crippen LogP contribution in [0, 0.1) is 17.1 Å². The summed E-state index contributed by atoms with van der Waals surface area (Å²) in [5.41, 5.74) is -1.61. The molecule has 0 atom stereocenters. The molecule has 0 saturated carbocycles. The van der Waals surface area contributed by atoms with Gasteiger partial charge in [0.15, 0.2) is 0 Å². The van der Waals surface area contributed by atoms with Crippen LogP contribution in [-0.4, -0.2) is 39.5 Å². The Hall–Kier alpha value is -3.29. The van der Waals surface area contributed by atoms with E-state index in [2.05, 4.69) is 5.10 Å². The van der Waals surface area contributed by atoms with Crippen molar-refractivity contribution in [2.75, 3.05) is 13.1 Å². The number of aromatic nitrogens is 2. The third-order valence-electron chi connectivity index (χ3n) is 5.04. The monoisotopic (exact) mass is 468 g/mol. The van der Waals surface area contributed by atoms with Crippen molar-refractivity contribution in [2.45, 2.75) is 58.0 Å². The number of piperidine rings is 1. The molecule has 178 valence electrons. The molecule has 0 aliphatic carbocycles. The number of carbonyl (C=O) groups excluding carboxylic acids is 1. The number of halogens is 4. The first-order chi connectivity index (χ1) is 15.4. The minimum absolute atomic E-state index is 0.00217. The number of hydrogen-bond acceptors (Lipinski definition) is 5. The molecule has 0 radical (unpaired) electrons. The maximum absolute atomic E-state index is 14.1. The van der Waals surface area contributed by atoms with E-state index < -0.39 is 41.7 Å². The van der Waals surface area contributed by atoms with Crippen molar-refractivity contribution in [3.05, 3.63) is 46.9 Å².